The summed E-state index contributed by atoms with van der Waals surface area (Å²) < 4.78 is 99.7. The molecule has 0 amide bonds. The molecular weight excluding hydrogens is 1360 g/mol. The summed E-state index contributed by atoms with van der Waals surface area (Å²) in [5, 5.41) is 1.93. The van der Waals surface area contributed by atoms with Crippen LogP contribution in [0, 0.1) is 25.0 Å². The molecule has 0 N–H and O–H groups in total. The quantitative estimate of drug-likeness (QED) is 0.0853. The second kappa shape index (κ2) is 26.2. The van der Waals surface area contributed by atoms with Crippen molar-refractivity contribution in [3.8, 4) is 78.6 Å². The van der Waals surface area contributed by atoms with Crippen LogP contribution in [-0.4, -0.2) is 14.1 Å². The molecule has 13 rings (SSSR count). The standard InChI is InChI=1S/C90H87N5O.Pt/c1-86(2,3)67-40-41-92-85(53-67)95-81-39-36-61(62-43-63(65-46-68(87(4,5)6)51-69(47-65)88(7,8)9)45-64(44-62)66-48-70(89(10,11)12)52-71(49-66)90(13,14)15)50-80(81)79-38-37-74(57-84(79)95)96-75-55-72(91-16)54-73(56-75)94-58-93(82-34-23-24-35-83(82)94)42-26-33-78-76(59-27-19-17-20-28-59)31-25-32-77(78)60-29-21-18-22-30-60;/h17-25,27-32,34-41,43-55H,26,33,42H2,1-15H3;/q-2;/i17D,18D,19D,20D,21D,22D,27D,28D,29D,30D;. The maximum Gasteiger partial charge on any atom is 0.242 e. The number of para-hydroxylation sites is 2. The Kier molecular flexibility index (Phi) is 15.0. The Bertz CT molecular complexity index is 5490. The zero-order valence-electron chi connectivity index (χ0n) is 68.1. The largest absolute Gasteiger partial charge is 0.511 e. The Morgan fingerprint density at radius 1 is 0.485 bits per heavy atom. The number of aromatic nitrogens is 4. The minimum absolute atomic E-state index is 0. The van der Waals surface area contributed by atoms with Gasteiger partial charge in [0.25, 0.3) is 0 Å². The monoisotopic (exact) mass is 1460 g/mol. The number of ether oxygens (including phenoxy) is 1. The van der Waals surface area contributed by atoms with Gasteiger partial charge in [-0.1, -0.05) is 266 Å². The molecule has 97 heavy (non-hydrogen) atoms. The number of nitrogens with zero attached hydrogens (tertiary/aromatic N) is 5. The summed E-state index contributed by atoms with van der Waals surface area (Å²) >= 11 is 0. The number of rotatable bonds is 13. The van der Waals surface area contributed by atoms with Crippen molar-refractivity contribution in [2.24, 2.45) is 0 Å². The van der Waals surface area contributed by atoms with Gasteiger partial charge < -0.3 is 18.4 Å². The third-order valence-corrected chi connectivity index (χ3v) is 18.3. The molecule has 0 unspecified atom stereocenters. The fourth-order valence-electron chi connectivity index (χ4n) is 12.7. The smallest absolute Gasteiger partial charge is 0.242 e. The van der Waals surface area contributed by atoms with Crippen molar-refractivity contribution < 1.29 is 44.1 Å². The summed E-state index contributed by atoms with van der Waals surface area (Å²) in [6.07, 6.45) is 5.92. The molecule has 6 nitrogen and oxygen atoms in total. The molecule has 10 aromatic carbocycles. The third kappa shape index (κ3) is 14.1. The Morgan fingerprint density at radius 2 is 1.02 bits per heavy atom. The minimum Gasteiger partial charge on any atom is -0.511 e. The van der Waals surface area contributed by atoms with Gasteiger partial charge in [-0.3, -0.25) is 4.85 Å². The molecule has 0 aliphatic carbocycles. The molecule has 13 aromatic rings. The Morgan fingerprint density at radius 3 is 1.57 bits per heavy atom. The predicted octanol–water partition coefficient (Wildman–Crippen LogP) is 23.6. The zero-order chi connectivity index (χ0) is 76.3. The van der Waals surface area contributed by atoms with Crippen molar-refractivity contribution in [1.82, 2.24) is 14.1 Å². The van der Waals surface area contributed by atoms with E-state index in [1.165, 1.54) is 33.4 Å². The van der Waals surface area contributed by atoms with Gasteiger partial charge in [0.2, 0.25) is 6.33 Å². The van der Waals surface area contributed by atoms with E-state index < -0.39 is 60.4 Å². The molecule has 3 aromatic heterocycles. The molecule has 3 heterocycles. The van der Waals surface area contributed by atoms with Gasteiger partial charge in [-0.15, -0.1) is 29.7 Å². The normalized spacial score (nSPS) is 13.8. The van der Waals surface area contributed by atoms with Crippen molar-refractivity contribution in [3.05, 3.63) is 282 Å². The summed E-state index contributed by atoms with van der Waals surface area (Å²) in [7, 11) is 0. The summed E-state index contributed by atoms with van der Waals surface area (Å²) in [6, 6.07) is 54.5. The second-order valence-corrected chi connectivity index (χ2v) is 30.5. The van der Waals surface area contributed by atoms with E-state index in [2.05, 4.69) is 223 Å². The average molecular weight is 1460 g/mol. The first-order valence-corrected chi connectivity index (χ1v) is 33.1. The van der Waals surface area contributed by atoms with Crippen molar-refractivity contribution in [1.29, 1.82) is 0 Å². The molecule has 0 aliphatic heterocycles. The van der Waals surface area contributed by atoms with Gasteiger partial charge >= 0.3 is 0 Å². The topological polar surface area (TPSA) is 40.2 Å². The van der Waals surface area contributed by atoms with Crippen molar-refractivity contribution in [2.45, 2.75) is 150 Å². The van der Waals surface area contributed by atoms with E-state index in [-0.39, 0.29) is 88.3 Å². The minimum atomic E-state index is -0.553. The van der Waals surface area contributed by atoms with Gasteiger partial charge in [0.1, 0.15) is 5.82 Å². The average Bonchev–Trinajstić information content (AvgIpc) is 1.64. The summed E-state index contributed by atoms with van der Waals surface area (Å²) in [5.41, 5.74) is 17.2. The van der Waals surface area contributed by atoms with E-state index in [0.29, 0.717) is 30.0 Å². The molecule has 490 valence electrons. The van der Waals surface area contributed by atoms with Gasteiger partial charge in [0, 0.05) is 38.5 Å². The first kappa shape index (κ1) is 55.7. The predicted molar refractivity (Wildman–Crippen MR) is 400 cm³/mol. The molecule has 0 atom stereocenters. The molecular formula is C90H87N5OPt-2. The number of benzene rings is 10. The van der Waals surface area contributed by atoms with Crippen molar-refractivity contribution in [2.75, 3.05) is 0 Å². The summed E-state index contributed by atoms with van der Waals surface area (Å²) in [4.78, 5) is 8.97. The van der Waals surface area contributed by atoms with Crippen LogP contribution in [0.15, 0.2) is 218 Å². The van der Waals surface area contributed by atoms with E-state index in [4.69, 9.17) is 30.0 Å². The molecule has 0 fully saturated rings. The molecule has 0 saturated heterocycles. The number of pyridine rings is 1. The van der Waals surface area contributed by atoms with Crippen LogP contribution in [0.5, 0.6) is 11.5 Å². The third-order valence-electron chi connectivity index (χ3n) is 18.3. The fourth-order valence-corrected chi connectivity index (χ4v) is 12.7. The molecule has 0 radical (unpaired) electrons. The van der Waals surface area contributed by atoms with E-state index >= 15 is 0 Å². The van der Waals surface area contributed by atoms with Crippen LogP contribution in [0.25, 0.3) is 105 Å². The number of aryl methyl sites for hydroxylation is 1. The van der Waals surface area contributed by atoms with E-state index in [1.807, 2.05) is 45.7 Å². The number of fused-ring (bicyclic) bond motifs is 4. The maximum atomic E-state index is 9.00. The second-order valence-electron chi connectivity index (χ2n) is 30.5. The van der Waals surface area contributed by atoms with E-state index in [9.17, 15) is 0 Å². The van der Waals surface area contributed by atoms with Gasteiger partial charge in [0.15, 0.2) is 0 Å². The van der Waals surface area contributed by atoms with Crippen LogP contribution in [0.3, 0.4) is 0 Å². The van der Waals surface area contributed by atoms with Crippen LogP contribution in [0.2, 0.25) is 0 Å². The first-order valence-electron chi connectivity index (χ1n) is 38.1. The number of hydrogen-bond donors (Lipinski definition) is 0. The van der Waals surface area contributed by atoms with Crippen LogP contribution >= 0.6 is 0 Å². The maximum absolute atomic E-state index is 9.00. The number of imidazole rings is 1. The van der Waals surface area contributed by atoms with Crippen molar-refractivity contribution >= 4 is 38.5 Å². The van der Waals surface area contributed by atoms with E-state index in [0.717, 1.165) is 66.5 Å². The SMILES string of the molecule is [2H]c1c([2H])c([2H])c(-c2cccc(-c3c([2H])c([2H])c([2H])c([2H])c3[2H])c2CCC[n+]2[c-]n(-c3[c-]c(Oc4[c-]c5c(cc4)c4cc(-c6cc(-c7cc(C(C)(C)C)cc(C(C)(C)C)c7)cc(-c7cc(C(C)(C)C)cc(C(C)(C)C)c7)c6)ccc4n5-c4cc(C(C)(C)C)ccn4)cc([N+]#[C-])c3)c3ccccc32)c([2H])c1[2H].[Pt]. The van der Waals surface area contributed by atoms with Crippen LogP contribution in [0.1, 0.15) is 157 Å². The van der Waals surface area contributed by atoms with Gasteiger partial charge in [-0.05, 0) is 176 Å². The van der Waals surface area contributed by atoms with E-state index in [1.54, 1.807) is 30.3 Å². The first-order chi connectivity index (χ1) is 49.8. The Balaban J connectivity index is 0.0000107. The van der Waals surface area contributed by atoms with Gasteiger partial charge in [-0.25, -0.2) is 4.98 Å². The van der Waals surface area contributed by atoms with Crippen LogP contribution in [0.4, 0.5) is 5.69 Å². The van der Waals surface area contributed by atoms with Gasteiger partial charge in [-0.2, -0.15) is 12.1 Å². The molecule has 0 bridgehead atoms. The summed E-state index contributed by atoms with van der Waals surface area (Å²) in [5.74, 6) is 1.37. The van der Waals surface area contributed by atoms with Gasteiger partial charge in [0.05, 0.1) is 43.5 Å². The molecule has 0 spiro atoms. The molecule has 0 aliphatic rings. The number of hydrogen-bond acceptors (Lipinski definition) is 2. The molecule has 0 saturated carbocycles. The van der Waals surface area contributed by atoms with Crippen LogP contribution < -0.4 is 9.30 Å². The summed E-state index contributed by atoms with van der Waals surface area (Å²) in [6.45, 7) is 42.7. The van der Waals surface area contributed by atoms with Crippen molar-refractivity contribution in [3.63, 3.8) is 0 Å². The fraction of sp³-hybridized carbons (Fsp3) is 0.256. The zero-order valence-corrected chi connectivity index (χ0v) is 60.4. The Hall–Kier alpha value is -9.40. The van der Waals surface area contributed by atoms with Crippen LogP contribution in [-0.2, 0) is 61.1 Å². The Labute approximate surface area is 603 Å². The molecule has 7 heteroatoms.